The monoisotopic (exact) mass is 685 g/mol. The molecule has 3 heteroatoms. The highest BCUT2D eigenvalue weighted by Crippen LogP contribution is 2.54. The second kappa shape index (κ2) is 12.5. The summed E-state index contributed by atoms with van der Waals surface area (Å²) in [5, 5.41) is 2.53. The zero-order valence-corrected chi connectivity index (χ0v) is 29.3. The Morgan fingerprint density at radius 1 is 0.314 bits per heavy atom. The van der Waals surface area contributed by atoms with Gasteiger partial charge in [0.15, 0.2) is 0 Å². The fourth-order valence-electron chi connectivity index (χ4n) is 7.65. The molecule has 1 nitrogen and oxygen atoms in total. The van der Waals surface area contributed by atoms with Gasteiger partial charge < -0.3 is 4.57 Å². The molecule has 51 heavy (non-hydrogen) atoms. The molecule has 0 saturated heterocycles. The van der Waals surface area contributed by atoms with Crippen molar-refractivity contribution in [1.82, 2.24) is 4.57 Å². The Hall–Kier alpha value is -5.74. The van der Waals surface area contributed by atoms with E-state index >= 15 is 0 Å². The zero-order chi connectivity index (χ0) is 33.7. The SMILES string of the molecule is c1ccc(-c2cccc3c2Sc2c(cccc2-c2cccc4c2c2ccccc2n4-c2ccccc2)-c2ccccc2Sc2ccccc2-3)cc1. The van der Waals surface area contributed by atoms with Crippen molar-refractivity contribution in [2.75, 3.05) is 0 Å². The zero-order valence-electron chi connectivity index (χ0n) is 27.7. The first-order valence-corrected chi connectivity index (χ1v) is 18.9. The molecule has 240 valence electrons. The lowest BCUT2D eigenvalue weighted by molar-refractivity contribution is 1.18. The molecule has 10 rings (SSSR count). The van der Waals surface area contributed by atoms with E-state index in [1.807, 2.05) is 23.5 Å². The first kappa shape index (κ1) is 30.1. The van der Waals surface area contributed by atoms with E-state index in [1.165, 1.54) is 85.9 Å². The first-order valence-electron chi connectivity index (χ1n) is 17.3. The fraction of sp³-hybridized carbons (Fsp3) is 0. The molecule has 0 radical (unpaired) electrons. The van der Waals surface area contributed by atoms with Gasteiger partial charge >= 0.3 is 0 Å². The molecule has 2 heterocycles. The van der Waals surface area contributed by atoms with Crippen LogP contribution in [0.5, 0.6) is 0 Å². The number of hydrogen-bond donors (Lipinski definition) is 0. The van der Waals surface area contributed by atoms with Gasteiger partial charge in [0.05, 0.1) is 11.0 Å². The summed E-state index contributed by atoms with van der Waals surface area (Å²) >= 11 is 3.77. The second-order valence-electron chi connectivity index (χ2n) is 12.8. The average Bonchev–Trinajstić information content (AvgIpc) is 3.54. The molecule has 0 amide bonds. The van der Waals surface area contributed by atoms with Crippen LogP contribution in [0.1, 0.15) is 0 Å². The van der Waals surface area contributed by atoms with E-state index in [1.54, 1.807) is 0 Å². The largest absolute Gasteiger partial charge is 0.309 e. The Bertz CT molecular complexity index is 2740. The highest BCUT2D eigenvalue weighted by atomic mass is 32.2. The van der Waals surface area contributed by atoms with E-state index in [0.717, 1.165) is 5.69 Å². The number of fused-ring (bicyclic) bond motifs is 9. The number of para-hydroxylation sites is 2. The highest BCUT2D eigenvalue weighted by molar-refractivity contribution is 8.00. The minimum Gasteiger partial charge on any atom is -0.309 e. The standard InChI is InChI=1S/C48H31NS2/c1-3-16-32(17-4-1)34-23-13-25-38-35-20-8-11-30-44(35)50-45-31-12-9-21-36(45)39-26-14-27-40(48(39)51-47(34)38)37-24-15-29-43-46(37)41-22-7-10-28-42(41)49(43)33-18-5-2-6-19-33/h1-31H. The molecule has 0 spiro atoms. The lowest BCUT2D eigenvalue weighted by atomic mass is 9.95. The van der Waals surface area contributed by atoms with Crippen molar-refractivity contribution >= 4 is 45.3 Å². The van der Waals surface area contributed by atoms with Gasteiger partial charge in [-0.1, -0.05) is 175 Å². The maximum absolute atomic E-state index is 2.41. The number of rotatable bonds is 3. The summed E-state index contributed by atoms with van der Waals surface area (Å²) in [4.78, 5) is 5.04. The van der Waals surface area contributed by atoms with Gasteiger partial charge in [-0.2, -0.15) is 0 Å². The van der Waals surface area contributed by atoms with Gasteiger partial charge in [0.2, 0.25) is 0 Å². The van der Waals surface area contributed by atoms with E-state index in [-0.39, 0.29) is 0 Å². The van der Waals surface area contributed by atoms with Crippen molar-refractivity contribution in [2.24, 2.45) is 0 Å². The van der Waals surface area contributed by atoms with Crippen molar-refractivity contribution < 1.29 is 0 Å². The summed E-state index contributed by atoms with van der Waals surface area (Å²) in [6, 6.07) is 68.7. The molecular formula is C48H31NS2. The van der Waals surface area contributed by atoms with Crippen LogP contribution in [0.15, 0.2) is 208 Å². The number of benzene rings is 8. The summed E-state index contributed by atoms with van der Waals surface area (Å²) < 4.78 is 2.41. The van der Waals surface area contributed by atoms with Gasteiger partial charge in [0.1, 0.15) is 0 Å². The van der Waals surface area contributed by atoms with Gasteiger partial charge in [-0.05, 0) is 80.9 Å². The van der Waals surface area contributed by atoms with Crippen molar-refractivity contribution in [3.05, 3.63) is 188 Å². The summed E-state index contributed by atoms with van der Waals surface area (Å²) in [5.41, 5.74) is 13.5. The third-order valence-electron chi connectivity index (χ3n) is 9.90. The third kappa shape index (κ3) is 5.04. The highest BCUT2D eigenvalue weighted by Gasteiger charge is 2.25. The molecule has 0 fully saturated rings. The Balaban J connectivity index is 1.31. The lowest BCUT2D eigenvalue weighted by Crippen LogP contribution is -1.96. The topological polar surface area (TPSA) is 4.93 Å². The van der Waals surface area contributed by atoms with Crippen LogP contribution in [0.4, 0.5) is 0 Å². The molecule has 0 bridgehead atoms. The summed E-state index contributed by atoms with van der Waals surface area (Å²) in [7, 11) is 0. The van der Waals surface area contributed by atoms with Gasteiger partial charge in [0.25, 0.3) is 0 Å². The molecule has 1 aliphatic rings. The van der Waals surface area contributed by atoms with E-state index in [4.69, 9.17) is 0 Å². The van der Waals surface area contributed by atoms with Gasteiger partial charge in [-0.25, -0.2) is 0 Å². The van der Waals surface area contributed by atoms with Crippen LogP contribution < -0.4 is 0 Å². The molecule has 9 aromatic rings. The van der Waals surface area contributed by atoms with E-state index in [0.29, 0.717) is 0 Å². The van der Waals surface area contributed by atoms with Crippen LogP contribution in [0.2, 0.25) is 0 Å². The Morgan fingerprint density at radius 2 is 0.784 bits per heavy atom. The van der Waals surface area contributed by atoms with Crippen LogP contribution in [-0.2, 0) is 0 Å². The molecule has 0 saturated carbocycles. The van der Waals surface area contributed by atoms with Gasteiger partial charge in [0, 0.05) is 36.0 Å². The minimum absolute atomic E-state index is 1.16. The summed E-state index contributed by atoms with van der Waals surface area (Å²) in [6.45, 7) is 0. The summed E-state index contributed by atoms with van der Waals surface area (Å²) in [6.07, 6.45) is 0. The number of nitrogens with zero attached hydrogens (tertiary/aromatic N) is 1. The number of hydrogen-bond acceptors (Lipinski definition) is 2. The van der Waals surface area contributed by atoms with Crippen molar-refractivity contribution in [3.8, 4) is 50.2 Å². The quantitative estimate of drug-likeness (QED) is 0.182. The molecule has 0 aliphatic carbocycles. The van der Waals surface area contributed by atoms with E-state index in [9.17, 15) is 0 Å². The molecule has 0 atom stereocenters. The van der Waals surface area contributed by atoms with Crippen molar-refractivity contribution in [3.63, 3.8) is 0 Å². The van der Waals surface area contributed by atoms with Gasteiger partial charge in [-0.3, -0.25) is 0 Å². The molecule has 0 N–H and O–H groups in total. The smallest absolute Gasteiger partial charge is 0.0547 e. The molecule has 1 aliphatic heterocycles. The van der Waals surface area contributed by atoms with Crippen molar-refractivity contribution in [1.29, 1.82) is 0 Å². The third-order valence-corrected chi connectivity index (χ3v) is 12.3. The second-order valence-corrected chi connectivity index (χ2v) is 14.9. The number of aromatic nitrogens is 1. The predicted molar refractivity (Wildman–Crippen MR) is 217 cm³/mol. The summed E-state index contributed by atoms with van der Waals surface area (Å²) in [5.74, 6) is 0. The van der Waals surface area contributed by atoms with E-state index in [2.05, 4.69) is 193 Å². The molecule has 1 aromatic heterocycles. The Morgan fingerprint density at radius 3 is 1.49 bits per heavy atom. The fourth-order valence-corrected chi connectivity index (χ4v) is 10.1. The van der Waals surface area contributed by atoms with Crippen LogP contribution >= 0.6 is 23.5 Å². The first-order chi connectivity index (χ1) is 25.3. The Labute approximate surface area is 306 Å². The van der Waals surface area contributed by atoms with Crippen LogP contribution in [-0.4, -0.2) is 4.57 Å². The van der Waals surface area contributed by atoms with Crippen LogP contribution in [0.25, 0.3) is 72.0 Å². The van der Waals surface area contributed by atoms with Crippen molar-refractivity contribution in [2.45, 2.75) is 19.6 Å². The average molecular weight is 686 g/mol. The van der Waals surface area contributed by atoms with Crippen LogP contribution in [0.3, 0.4) is 0 Å². The molecule has 8 aromatic carbocycles. The minimum atomic E-state index is 1.16. The maximum atomic E-state index is 2.41. The normalized spacial score (nSPS) is 12.2. The molecular weight excluding hydrogens is 655 g/mol. The Kier molecular flexibility index (Phi) is 7.41. The lowest BCUT2D eigenvalue weighted by Gasteiger charge is -2.23. The van der Waals surface area contributed by atoms with Crippen LogP contribution in [0, 0.1) is 0 Å². The van der Waals surface area contributed by atoms with Gasteiger partial charge in [-0.15, -0.1) is 0 Å². The van der Waals surface area contributed by atoms with E-state index < -0.39 is 0 Å². The predicted octanol–water partition coefficient (Wildman–Crippen LogP) is 14.1. The maximum Gasteiger partial charge on any atom is 0.0547 e. The molecule has 0 unspecified atom stereocenters.